The second-order valence-corrected chi connectivity index (χ2v) is 13.3. The number of quaternary nitrogens is 1. The second-order valence-electron chi connectivity index (χ2n) is 11.8. The van der Waals surface area contributed by atoms with Gasteiger partial charge >= 0.3 is 13.8 Å². The molecule has 238 valence electrons. The van der Waals surface area contributed by atoms with E-state index in [2.05, 4.69) is 19.1 Å². The molecule has 0 saturated heterocycles. The Bertz CT molecular complexity index is 667. The largest absolute Gasteiger partial charge is 0.472 e. The molecule has 0 aromatic carbocycles. The summed E-state index contributed by atoms with van der Waals surface area (Å²) in [5, 5.41) is 0. The Kier molecular flexibility index (Phi) is 25.4. The Hall–Kier alpha value is -0.760. The highest BCUT2D eigenvalue weighted by Gasteiger charge is 2.26. The number of likely N-dealkylation sites (N-methyl/N-ethyl adjacent to an activating group) is 1. The van der Waals surface area contributed by atoms with Crippen molar-refractivity contribution in [3.63, 3.8) is 0 Å². The van der Waals surface area contributed by atoms with Crippen LogP contribution in [0.1, 0.15) is 123 Å². The topological polar surface area (TPSA) is 91.3 Å². The molecule has 0 aliphatic carbocycles. The Morgan fingerprint density at radius 3 is 1.88 bits per heavy atom. The lowest BCUT2D eigenvalue weighted by atomic mass is 10.1. The van der Waals surface area contributed by atoms with Gasteiger partial charge in [-0.15, -0.1) is 0 Å². The van der Waals surface area contributed by atoms with Crippen LogP contribution in [-0.2, 0) is 27.9 Å². The second kappa shape index (κ2) is 25.9. The van der Waals surface area contributed by atoms with Crippen LogP contribution < -0.4 is 0 Å². The van der Waals surface area contributed by atoms with Crippen molar-refractivity contribution < 1.29 is 37.3 Å². The van der Waals surface area contributed by atoms with Crippen LogP contribution in [0.25, 0.3) is 0 Å². The van der Waals surface area contributed by atoms with E-state index in [1.54, 1.807) is 0 Å². The lowest BCUT2D eigenvalue weighted by molar-refractivity contribution is -0.870. The van der Waals surface area contributed by atoms with Crippen molar-refractivity contribution in [2.45, 2.75) is 129 Å². The lowest BCUT2D eigenvalue weighted by Gasteiger charge is -2.24. The minimum atomic E-state index is -4.24. The average molecular weight is 593 g/mol. The number of allylic oxidation sites excluding steroid dienone is 2. The molecule has 0 aliphatic rings. The van der Waals surface area contributed by atoms with E-state index in [0.29, 0.717) is 24.1 Å². The molecule has 0 spiro atoms. The van der Waals surface area contributed by atoms with Crippen molar-refractivity contribution in [3.05, 3.63) is 12.2 Å². The number of esters is 1. The first-order chi connectivity index (χ1) is 19.1. The van der Waals surface area contributed by atoms with Gasteiger partial charge in [0.15, 0.2) is 0 Å². The van der Waals surface area contributed by atoms with Gasteiger partial charge in [-0.2, -0.15) is 0 Å². The van der Waals surface area contributed by atoms with Crippen LogP contribution in [-0.4, -0.2) is 75.6 Å². The molecule has 0 amide bonds. The quantitative estimate of drug-likeness (QED) is 0.0309. The van der Waals surface area contributed by atoms with E-state index >= 15 is 0 Å². The van der Waals surface area contributed by atoms with Crippen molar-refractivity contribution >= 4 is 13.8 Å². The predicted molar refractivity (Wildman–Crippen MR) is 164 cm³/mol. The SMILES string of the molecule is CCCCCCCC/C=C\CCCCCCCCOCC(COP(=O)(O)OCC[N+](C)(C)C)OC(=O)CCCC. The summed E-state index contributed by atoms with van der Waals surface area (Å²) in [4.78, 5) is 22.1. The zero-order valence-corrected chi connectivity index (χ0v) is 27.5. The van der Waals surface area contributed by atoms with Crippen molar-refractivity contribution in [1.29, 1.82) is 0 Å². The Balaban J connectivity index is 4.02. The first-order valence-corrected chi connectivity index (χ1v) is 17.4. The van der Waals surface area contributed by atoms with Crippen LogP contribution in [0, 0.1) is 0 Å². The fourth-order valence-corrected chi connectivity index (χ4v) is 4.73. The molecule has 9 heteroatoms. The van der Waals surface area contributed by atoms with E-state index in [4.69, 9.17) is 18.5 Å². The zero-order valence-electron chi connectivity index (χ0n) is 26.6. The summed E-state index contributed by atoms with van der Waals surface area (Å²) >= 11 is 0. The van der Waals surface area contributed by atoms with E-state index in [1.807, 2.05) is 28.1 Å². The number of hydrogen-bond acceptors (Lipinski definition) is 6. The molecule has 0 fully saturated rings. The third-order valence-corrected chi connectivity index (χ3v) is 7.56. The standard InChI is InChI=1S/C31H62NO7P/c1-6-8-10-11-12-13-14-15-16-17-18-19-20-21-22-23-26-36-28-30(39-31(33)24-9-7-2)29-38-40(34,35)37-27-25-32(3,4)5/h15-16,30H,6-14,17-29H2,1-5H3/p+1/b16-15-. The molecule has 0 rings (SSSR count). The highest BCUT2D eigenvalue weighted by molar-refractivity contribution is 7.47. The summed E-state index contributed by atoms with van der Waals surface area (Å²) in [6.07, 6.45) is 23.4. The smallest absolute Gasteiger partial charge is 0.457 e. The molecule has 1 N–H and O–H groups in total. The third-order valence-electron chi connectivity index (χ3n) is 6.58. The number of nitrogens with zero attached hydrogens (tertiary/aromatic N) is 1. The maximum absolute atomic E-state index is 12.2. The highest BCUT2D eigenvalue weighted by atomic mass is 31.2. The maximum atomic E-state index is 12.2. The summed E-state index contributed by atoms with van der Waals surface area (Å²) in [7, 11) is 1.66. The van der Waals surface area contributed by atoms with Crippen molar-refractivity contribution in [3.8, 4) is 0 Å². The van der Waals surface area contributed by atoms with Gasteiger partial charge in [0.25, 0.3) is 0 Å². The van der Waals surface area contributed by atoms with Gasteiger partial charge in [0.2, 0.25) is 0 Å². The van der Waals surface area contributed by atoms with Crippen LogP contribution in [0.5, 0.6) is 0 Å². The minimum absolute atomic E-state index is 0.0880. The molecule has 0 heterocycles. The zero-order chi connectivity index (χ0) is 30.0. The van der Waals surface area contributed by atoms with Gasteiger partial charge in [-0.05, 0) is 38.5 Å². The number of phosphoric acid groups is 1. The summed E-state index contributed by atoms with van der Waals surface area (Å²) in [5.41, 5.74) is 0. The van der Waals surface area contributed by atoms with Crippen molar-refractivity contribution in [2.75, 3.05) is 54.1 Å². The Morgan fingerprint density at radius 2 is 1.30 bits per heavy atom. The van der Waals surface area contributed by atoms with Crippen LogP contribution in [0.2, 0.25) is 0 Å². The Labute approximate surface area is 246 Å². The lowest BCUT2D eigenvalue weighted by Crippen LogP contribution is -2.37. The number of carbonyl (C=O) groups excluding carboxylic acids is 1. The molecule has 0 bridgehead atoms. The monoisotopic (exact) mass is 592 g/mol. The minimum Gasteiger partial charge on any atom is -0.457 e. The molecule has 0 aromatic rings. The molecule has 0 aromatic heterocycles. The molecule has 0 saturated carbocycles. The number of phosphoric ester groups is 1. The number of carbonyl (C=O) groups is 1. The molecule has 40 heavy (non-hydrogen) atoms. The summed E-state index contributed by atoms with van der Waals surface area (Å²) in [5.74, 6) is -0.352. The van der Waals surface area contributed by atoms with Crippen LogP contribution >= 0.6 is 7.82 Å². The van der Waals surface area contributed by atoms with Crippen LogP contribution in [0.4, 0.5) is 0 Å². The van der Waals surface area contributed by atoms with Crippen molar-refractivity contribution in [2.24, 2.45) is 0 Å². The third kappa shape index (κ3) is 28.8. The van der Waals surface area contributed by atoms with Crippen molar-refractivity contribution in [1.82, 2.24) is 0 Å². The number of ether oxygens (including phenoxy) is 2. The fraction of sp³-hybridized carbons (Fsp3) is 0.903. The normalized spacial score (nSPS) is 14.4. The van der Waals surface area contributed by atoms with Gasteiger partial charge in [0.05, 0.1) is 34.4 Å². The molecule has 8 nitrogen and oxygen atoms in total. The van der Waals surface area contributed by atoms with Crippen LogP contribution in [0.3, 0.4) is 0 Å². The number of hydrogen-bond donors (Lipinski definition) is 1. The van der Waals surface area contributed by atoms with E-state index in [-0.39, 0.29) is 25.8 Å². The van der Waals surface area contributed by atoms with Crippen LogP contribution in [0.15, 0.2) is 12.2 Å². The van der Waals surface area contributed by atoms with Gasteiger partial charge in [0, 0.05) is 13.0 Å². The highest BCUT2D eigenvalue weighted by Crippen LogP contribution is 2.43. The first-order valence-electron chi connectivity index (χ1n) is 15.9. The van der Waals surface area contributed by atoms with E-state index in [9.17, 15) is 14.3 Å². The van der Waals surface area contributed by atoms with E-state index in [1.165, 1.54) is 77.0 Å². The molecule has 2 unspecified atom stereocenters. The molecule has 2 atom stereocenters. The van der Waals surface area contributed by atoms with Gasteiger partial charge in [0.1, 0.15) is 19.3 Å². The number of rotatable bonds is 29. The fourth-order valence-electron chi connectivity index (χ4n) is 3.99. The molecule has 0 aliphatic heterocycles. The van der Waals surface area contributed by atoms with Gasteiger partial charge in [-0.25, -0.2) is 4.57 Å². The van der Waals surface area contributed by atoms with Gasteiger partial charge < -0.3 is 18.9 Å². The van der Waals surface area contributed by atoms with E-state index < -0.39 is 13.9 Å². The van der Waals surface area contributed by atoms with Gasteiger partial charge in [-0.3, -0.25) is 13.8 Å². The molecule has 0 radical (unpaired) electrons. The first kappa shape index (κ1) is 39.2. The summed E-state index contributed by atoms with van der Waals surface area (Å²) in [6, 6.07) is 0. The Morgan fingerprint density at radius 1 is 0.750 bits per heavy atom. The van der Waals surface area contributed by atoms with Gasteiger partial charge in [-0.1, -0.05) is 90.2 Å². The molecular weight excluding hydrogens is 529 g/mol. The number of unbranched alkanes of at least 4 members (excludes halogenated alkanes) is 13. The predicted octanol–water partition coefficient (Wildman–Crippen LogP) is 7.98. The van der Waals surface area contributed by atoms with E-state index in [0.717, 1.165) is 25.7 Å². The maximum Gasteiger partial charge on any atom is 0.472 e. The summed E-state index contributed by atoms with van der Waals surface area (Å²) < 4.78 is 34.2. The summed E-state index contributed by atoms with van der Waals surface area (Å²) in [6.45, 7) is 5.34. The average Bonchev–Trinajstić information content (AvgIpc) is 2.88. The molecular formula is C31H63NO7P+.